The summed E-state index contributed by atoms with van der Waals surface area (Å²) in [4.78, 5) is 25.1. The lowest BCUT2D eigenvalue weighted by Crippen LogP contribution is -2.06. The quantitative estimate of drug-likeness (QED) is 0.295. The average Bonchev–Trinajstić information content (AvgIpc) is 2.45. The molecule has 0 bridgehead atoms. The van der Waals surface area contributed by atoms with Crippen LogP contribution in [0.1, 0.15) is 12.5 Å². The Morgan fingerprint density at radius 2 is 2.05 bits per heavy atom. The minimum Gasteiger partial charge on any atom is -0.497 e. The van der Waals surface area contributed by atoms with E-state index >= 15 is 0 Å². The standard InChI is InChI=1S/C13H14N4O4/c1-8(18)15-10-4-9(5-11(7-10)20-2)6-12(16-17-14)13(19)21-3/h4-7H,1-3H3,(H,15,18)/b12-6-. The van der Waals surface area contributed by atoms with Crippen molar-refractivity contribution in [1.82, 2.24) is 0 Å². The maximum atomic E-state index is 11.5. The molecule has 0 radical (unpaired) electrons. The highest BCUT2D eigenvalue weighted by Crippen LogP contribution is 2.23. The number of methoxy groups -OCH3 is 2. The first-order valence-corrected chi connectivity index (χ1v) is 5.82. The molecule has 1 N–H and O–H groups in total. The number of carbonyl (C=O) groups excluding carboxylic acids is 2. The van der Waals surface area contributed by atoms with Crippen LogP contribution in [-0.2, 0) is 14.3 Å². The summed E-state index contributed by atoms with van der Waals surface area (Å²) >= 11 is 0. The van der Waals surface area contributed by atoms with Crippen molar-refractivity contribution in [1.29, 1.82) is 0 Å². The zero-order valence-electron chi connectivity index (χ0n) is 11.8. The van der Waals surface area contributed by atoms with Crippen LogP contribution in [-0.4, -0.2) is 26.1 Å². The molecule has 0 heterocycles. The normalized spacial score (nSPS) is 10.3. The van der Waals surface area contributed by atoms with Crippen molar-refractivity contribution in [3.63, 3.8) is 0 Å². The van der Waals surface area contributed by atoms with E-state index in [0.717, 1.165) is 0 Å². The third-order valence-corrected chi connectivity index (χ3v) is 2.34. The van der Waals surface area contributed by atoms with Crippen LogP contribution in [0.3, 0.4) is 0 Å². The highest BCUT2D eigenvalue weighted by Gasteiger charge is 2.09. The minimum atomic E-state index is -0.767. The fourth-order valence-electron chi connectivity index (χ4n) is 1.54. The van der Waals surface area contributed by atoms with Crippen LogP contribution in [0.15, 0.2) is 29.0 Å². The van der Waals surface area contributed by atoms with Gasteiger partial charge in [-0.2, -0.15) is 0 Å². The largest absolute Gasteiger partial charge is 0.497 e. The molecule has 1 amide bonds. The SMILES string of the molecule is COC(=O)/C(=C/c1cc(NC(C)=O)cc(OC)c1)N=[N+]=[N-]. The van der Waals surface area contributed by atoms with Crippen LogP contribution < -0.4 is 10.1 Å². The molecule has 0 aliphatic heterocycles. The predicted octanol–water partition coefficient (Wildman–Crippen LogP) is 2.48. The van der Waals surface area contributed by atoms with Gasteiger partial charge in [0.05, 0.1) is 14.2 Å². The molecule has 8 heteroatoms. The highest BCUT2D eigenvalue weighted by molar-refractivity contribution is 5.94. The van der Waals surface area contributed by atoms with Crippen molar-refractivity contribution >= 4 is 23.6 Å². The highest BCUT2D eigenvalue weighted by atomic mass is 16.5. The van der Waals surface area contributed by atoms with Gasteiger partial charge in [0, 0.05) is 23.6 Å². The molecule has 0 atom stereocenters. The molecular weight excluding hydrogens is 276 g/mol. The number of anilines is 1. The number of nitrogens with zero attached hydrogens (tertiary/aromatic N) is 3. The Morgan fingerprint density at radius 1 is 1.33 bits per heavy atom. The zero-order valence-corrected chi connectivity index (χ0v) is 11.8. The molecule has 0 fully saturated rings. The van der Waals surface area contributed by atoms with Crippen LogP contribution in [0.25, 0.3) is 16.5 Å². The number of nitrogens with one attached hydrogen (secondary N) is 1. The van der Waals surface area contributed by atoms with Crippen LogP contribution >= 0.6 is 0 Å². The van der Waals surface area contributed by atoms with Gasteiger partial charge in [-0.3, -0.25) is 4.79 Å². The predicted molar refractivity (Wildman–Crippen MR) is 76.4 cm³/mol. The first-order valence-electron chi connectivity index (χ1n) is 5.82. The maximum Gasteiger partial charge on any atom is 0.340 e. The van der Waals surface area contributed by atoms with E-state index in [0.29, 0.717) is 17.0 Å². The van der Waals surface area contributed by atoms with Crippen molar-refractivity contribution in [2.75, 3.05) is 19.5 Å². The van der Waals surface area contributed by atoms with Gasteiger partial charge in [-0.1, -0.05) is 5.11 Å². The molecule has 1 aromatic carbocycles. The van der Waals surface area contributed by atoms with Crippen LogP contribution in [0.5, 0.6) is 5.75 Å². The van der Waals surface area contributed by atoms with Gasteiger partial charge >= 0.3 is 5.97 Å². The van der Waals surface area contributed by atoms with E-state index in [4.69, 9.17) is 10.3 Å². The molecular formula is C13H14N4O4. The van der Waals surface area contributed by atoms with Gasteiger partial charge in [0.25, 0.3) is 0 Å². The number of benzene rings is 1. The fourth-order valence-corrected chi connectivity index (χ4v) is 1.54. The molecule has 0 saturated carbocycles. The number of esters is 1. The molecule has 0 aliphatic carbocycles. The van der Waals surface area contributed by atoms with Gasteiger partial charge in [0.1, 0.15) is 11.4 Å². The molecule has 8 nitrogen and oxygen atoms in total. The van der Waals surface area contributed by atoms with Gasteiger partial charge in [-0.05, 0) is 29.3 Å². The Balaban J connectivity index is 3.29. The molecule has 0 unspecified atom stereocenters. The molecule has 1 aromatic rings. The number of hydrogen-bond acceptors (Lipinski definition) is 5. The lowest BCUT2D eigenvalue weighted by molar-refractivity contribution is -0.136. The molecule has 1 rings (SSSR count). The van der Waals surface area contributed by atoms with Gasteiger partial charge in [-0.25, -0.2) is 4.79 Å². The topological polar surface area (TPSA) is 113 Å². The van der Waals surface area contributed by atoms with Crippen LogP contribution in [0.4, 0.5) is 5.69 Å². The second-order valence-electron chi connectivity index (χ2n) is 3.89. The summed E-state index contributed by atoms with van der Waals surface area (Å²) in [6, 6.07) is 4.82. The Bertz CT molecular complexity index is 633. The Kier molecular flexibility index (Phi) is 5.79. The van der Waals surface area contributed by atoms with Crippen molar-refractivity contribution in [2.45, 2.75) is 6.92 Å². The lowest BCUT2D eigenvalue weighted by Gasteiger charge is -2.08. The van der Waals surface area contributed by atoms with E-state index in [-0.39, 0.29) is 11.6 Å². The Labute approximate surface area is 121 Å². The van der Waals surface area contributed by atoms with Crippen molar-refractivity contribution in [3.8, 4) is 5.75 Å². The van der Waals surface area contributed by atoms with E-state index in [9.17, 15) is 9.59 Å². The summed E-state index contributed by atoms with van der Waals surface area (Å²) in [5.41, 5.74) is 9.24. The second kappa shape index (κ2) is 7.56. The van der Waals surface area contributed by atoms with Crippen molar-refractivity contribution < 1.29 is 19.1 Å². The Morgan fingerprint density at radius 3 is 2.57 bits per heavy atom. The second-order valence-corrected chi connectivity index (χ2v) is 3.89. The third-order valence-electron chi connectivity index (χ3n) is 2.34. The monoisotopic (exact) mass is 290 g/mol. The Hall–Kier alpha value is -2.99. The van der Waals surface area contributed by atoms with Gasteiger partial charge in [-0.15, -0.1) is 0 Å². The van der Waals surface area contributed by atoms with Crippen LogP contribution in [0, 0.1) is 0 Å². The van der Waals surface area contributed by atoms with E-state index in [1.807, 2.05) is 0 Å². The number of azide groups is 1. The van der Waals surface area contributed by atoms with Crippen molar-refractivity contribution in [2.24, 2.45) is 5.11 Å². The molecule has 0 aromatic heterocycles. The lowest BCUT2D eigenvalue weighted by atomic mass is 10.1. The maximum absolute atomic E-state index is 11.5. The molecule has 0 saturated heterocycles. The fraction of sp³-hybridized carbons (Fsp3) is 0.231. The van der Waals surface area contributed by atoms with Gasteiger partial charge < -0.3 is 14.8 Å². The van der Waals surface area contributed by atoms with Gasteiger partial charge in [0.15, 0.2) is 0 Å². The number of carbonyl (C=O) groups is 2. The summed E-state index contributed by atoms with van der Waals surface area (Å²) in [7, 11) is 2.65. The first kappa shape index (κ1) is 16.1. The molecule has 0 spiro atoms. The van der Waals surface area contributed by atoms with Gasteiger partial charge in [0.2, 0.25) is 5.91 Å². The van der Waals surface area contributed by atoms with E-state index in [1.165, 1.54) is 27.2 Å². The molecule has 110 valence electrons. The smallest absolute Gasteiger partial charge is 0.340 e. The molecule has 0 aliphatic rings. The summed E-state index contributed by atoms with van der Waals surface area (Å²) < 4.78 is 9.62. The third kappa shape index (κ3) is 4.88. The summed E-state index contributed by atoms with van der Waals surface area (Å²) in [5, 5.41) is 5.88. The average molecular weight is 290 g/mol. The van der Waals surface area contributed by atoms with E-state index in [1.54, 1.807) is 18.2 Å². The van der Waals surface area contributed by atoms with E-state index in [2.05, 4.69) is 20.1 Å². The number of hydrogen-bond donors (Lipinski definition) is 1. The minimum absolute atomic E-state index is 0.206. The molecule has 21 heavy (non-hydrogen) atoms. The van der Waals surface area contributed by atoms with Crippen LogP contribution in [0.2, 0.25) is 0 Å². The summed E-state index contributed by atoms with van der Waals surface area (Å²) in [6.45, 7) is 1.37. The summed E-state index contributed by atoms with van der Waals surface area (Å²) in [6.07, 6.45) is 1.33. The number of amides is 1. The van der Waals surface area contributed by atoms with E-state index < -0.39 is 5.97 Å². The van der Waals surface area contributed by atoms with Crippen molar-refractivity contribution in [3.05, 3.63) is 39.9 Å². The zero-order chi connectivity index (χ0) is 15.8. The summed E-state index contributed by atoms with van der Waals surface area (Å²) in [5.74, 6) is -0.546. The first-order chi connectivity index (χ1) is 9.99. The number of ether oxygens (including phenoxy) is 2. The number of rotatable bonds is 5.